The van der Waals surface area contributed by atoms with E-state index in [0.29, 0.717) is 6.54 Å². The van der Waals surface area contributed by atoms with Crippen molar-refractivity contribution in [3.8, 4) is 0 Å². The fraction of sp³-hybridized carbons (Fsp3) is 0.733. The lowest BCUT2D eigenvalue weighted by molar-refractivity contribution is -0.144. The van der Waals surface area contributed by atoms with Crippen LogP contribution in [0.3, 0.4) is 0 Å². The number of amides is 1. The van der Waals surface area contributed by atoms with Crippen LogP contribution in [0.15, 0.2) is 16.9 Å². The number of nitrogens with two attached hydrogens (primary N) is 1. The zero-order chi connectivity index (χ0) is 15.3. The highest BCUT2D eigenvalue weighted by molar-refractivity contribution is 5.83. The first-order valence-electron chi connectivity index (χ1n) is 7.76. The van der Waals surface area contributed by atoms with Gasteiger partial charge in [-0.05, 0) is 12.8 Å². The molecule has 0 radical (unpaired) electrons. The molecule has 1 aliphatic rings. The van der Waals surface area contributed by atoms with Gasteiger partial charge in [0.1, 0.15) is 6.26 Å². The zero-order valence-corrected chi connectivity index (χ0v) is 13.0. The molecule has 1 fully saturated rings. The summed E-state index contributed by atoms with van der Waals surface area (Å²) in [4.78, 5) is 17.0. The number of nitrogens with zero attached hydrogens (tertiary/aromatic N) is 3. The van der Waals surface area contributed by atoms with Crippen LogP contribution < -0.4 is 5.73 Å². The summed E-state index contributed by atoms with van der Waals surface area (Å²) < 4.78 is 4.85. The third-order valence-electron chi connectivity index (χ3n) is 4.73. The average Bonchev–Trinajstić information content (AvgIpc) is 3.03. The summed E-state index contributed by atoms with van der Waals surface area (Å²) in [6.45, 7) is 8.57. The van der Waals surface area contributed by atoms with Crippen molar-refractivity contribution in [1.82, 2.24) is 15.0 Å². The van der Waals surface area contributed by atoms with Gasteiger partial charge in [-0.25, -0.2) is 0 Å². The van der Waals surface area contributed by atoms with Crippen LogP contribution in [0, 0.1) is 5.41 Å². The molecule has 0 bridgehead atoms. The first kappa shape index (κ1) is 16.0. The highest BCUT2D eigenvalue weighted by atomic mass is 16.5. The molecule has 1 aromatic heterocycles. The van der Waals surface area contributed by atoms with Gasteiger partial charge in [0.25, 0.3) is 0 Å². The predicted molar refractivity (Wildman–Crippen MR) is 80.4 cm³/mol. The Balaban J connectivity index is 1.89. The monoisotopic (exact) mass is 294 g/mol. The summed E-state index contributed by atoms with van der Waals surface area (Å²) in [6.07, 6.45) is 3.20. The van der Waals surface area contributed by atoms with Crippen molar-refractivity contribution < 1.29 is 9.32 Å². The number of rotatable bonds is 6. The van der Waals surface area contributed by atoms with E-state index in [4.69, 9.17) is 10.3 Å². The van der Waals surface area contributed by atoms with Crippen molar-refractivity contribution >= 4 is 5.91 Å². The van der Waals surface area contributed by atoms with Crippen LogP contribution in [0.5, 0.6) is 0 Å². The van der Waals surface area contributed by atoms with E-state index in [0.717, 1.165) is 51.3 Å². The molecule has 118 valence electrons. The molecule has 1 aliphatic heterocycles. The van der Waals surface area contributed by atoms with Gasteiger partial charge in [-0.15, -0.1) is 0 Å². The van der Waals surface area contributed by atoms with Gasteiger partial charge in [0.2, 0.25) is 5.91 Å². The fourth-order valence-corrected chi connectivity index (χ4v) is 2.92. The Morgan fingerprint density at radius 1 is 1.33 bits per heavy atom. The first-order chi connectivity index (χ1) is 10.1. The Hall–Kier alpha value is -1.40. The Labute approximate surface area is 126 Å². The first-order valence-corrected chi connectivity index (χ1v) is 7.76. The molecule has 0 unspecified atom stereocenters. The number of carbonyl (C=O) groups is 1. The van der Waals surface area contributed by atoms with Gasteiger partial charge in [-0.1, -0.05) is 19.0 Å². The average molecular weight is 294 g/mol. The van der Waals surface area contributed by atoms with Gasteiger partial charge >= 0.3 is 0 Å². The summed E-state index contributed by atoms with van der Waals surface area (Å²) in [7, 11) is 0. The third kappa shape index (κ3) is 3.44. The minimum atomic E-state index is -0.381. The Kier molecular flexibility index (Phi) is 5.36. The van der Waals surface area contributed by atoms with E-state index >= 15 is 0 Å². The van der Waals surface area contributed by atoms with Crippen LogP contribution in [0.2, 0.25) is 0 Å². The molecule has 0 saturated carbocycles. The summed E-state index contributed by atoms with van der Waals surface area (Å²) in [6, 6.07) is 1.88. The van der Waals surface area contributed by atoms with Crippen molar-refractivity contribution in [1.29, 1.82) is 0 Å². The van der Waals surface area contributed by atoms with Crippen molar-refractivity contribution in [2.45, 2.75) is 33.2 Å². The summed E-state index contributed by atoms with van der Waals surface area (Å²) >= 11 is 0. The molecule has 0 spiro atoms. The summed E-state index contributed by atoms with van der Waals surface area (Å²) in [5, 5.41) is 3.93. The topological polar surface area (TPSA) is 75.6 Å². The van der Waals surface area contributed by atoms with Crippen LogP contribution in [-0.2, 0) is 11.3 Å². The minimum absolute atomic E-state index is 0.219. The second-order valence-corrected chi connectivity index (χ2v) is 5.75. The summed E-state index contributed by atoms with van der Waals surface area (Å²) in [5.41, 5.74) is 6.43. The van der Waals surface area contributed by atoms with Gasteiger partial charge < -0.3 is 15.2 Å². The van der Waals surface area contributed by atoms with Gasteiger partial charge in [0, 0.05) is 45.3 Å². The Bertz CT molecular complexity index is 426. The number of hydrogen-bond acceptors (Lipinski definition) is 5. The molecule has 0 aliphatic carbocycles. The quantitative estimate of drug-likeness (QED) is 0.850. The SMILES string of the molecule is CCC(CC)(CN)C(=O)N1CCN(Cc2ccon2)CC1. The van der Waals surface area contributed by atoms with E-state index in [1.807, 2.05) is 11.0 Å². The van der Waals surface area contributed by atoms with Gasteiger partial charge in [-0.2, -0.15) is 0 Å². The van der Waals surface area contributed by atoms with Crippen LogP contribution in [0.4, 0.5) is 0 Å². The molecule has 1 saturated heterocycles. The second-order valence-electron chi connectivity index (χ2n) is 5.75. The van der Waals surface area contributed by atoms with Crippen LogP contribution in [0.1, 0.15) is 32.4 Å². The lowest BCUT2D eigenvalue weighted by Crippen LogP contribution is -2.54. The molecule has 0 aromatic carbocycles. The molecule has 1 amide bonds. The van der Waals surface area contributed by atoms with E-state index in [2.05, 4.69) is 23.9 Å². The molecule has 6 nitrogen and oxygen atoms in total. The number of hydrogen-bond donors (Lipinski definition) is 1. The Morgan fingerprint density at radius 2 is 2.00 bits per heavy atom. The smallest absolute Gasteiger partial charge is 0.230 e. The lowest BCUT2D eigenvalue weighted by atomic mass is 9.81. The Morgan fingerprint density at radius 3 is 2.48 bits per heavy atom. The maximum Gasteiger partial charge on any atom is 0.230 e. The summed E-state index contributed by atoms with van der Waals surface area (Å²) in [5.74, 6) is 0.219. The van der Waals surface area contributed by atoms with E-state index in [1.54, 1.807) is 6.26 Å². The lowest BCUT2D eigenvalue weighted by Gasteiger charge is -2.40. The number of aromatic nitrogens is 1. The molecule has 1 aromatic rings. The molecular weight excluding hydrogens is 268 g/mol. The molecule has 6 heteroatoms. The molecule has 2 rings (SSSR count). The van der Waals surface area contributed by atoms with E-state index in [1.165, 1.54) is 0 Å². The van der Waals surface area contributed by atoms with Crippen molar-refractivity contribution in [2.75, 3.05) is 32.7 Å². The van der Waals surface area contributed by atoms with E-state index in [-0.39, 0.29) is 11.3 Å². The third-order valence-corrected chi connectivity index (χ3v) is 4.73. The second kappa shape index (κ2) is 7.04. The van der Waals surface area contributed by atoms with Crippen LogP contribution in [0.25, 0.3) is 0 Å². The number of carbonyl (C=O) groups excluding carboxylic acids is 1. The van der Waals surface area contributed by atoms with E-state index < -0.39 is 0 Å². The molecule has 0 atom stereocenters. The van der Waals surface area contributed by atoms with Crippen molar-refractivity contribution in [2.24, 2.45) is 11.1 Å². The van der Waals surface area contributed by atoms with Crippen LogP contribution >= 0.6 is 0 Å². The normalized spacial score (nSPS) is 17.2. The van der Waals surface area contributed by atoms with Crippen molar-refractivity contribution in [3.05, 3.63) is 18.0 Å². The van der Waals surface area contributed by atoms with Gasteiger partial charge in [-0.3, -0.25) is 9.69 Å². The minimum Gasteiger partial charge on any atom is -0.364 e. The molecule has 2 N–H and O–H groups in total. The fourth-order valence-electron chi connectivity index (χ4n) is 2.92. The largest absolute Gasteiger partial charge is 0.364 e. The maximum atomic E-state index is 12.7. The highest BCUT2D eigenvalue weighted by Crippen LogP contribution is 2.28. The standard InChI is InChI=1S/C15H26N4O2/c1-3-15(4-2,12-16)14(20)19-8-6-18(7-9-19)11-13-5-10-21-17-13/h5,10H,3-4,6-9,11-12,16H2,1-2H3. The molecular formula is C15H26N4O2. The van der Waals surface area contributed by atoms with E-state index in [9.17, 15) is 4.79 Å². The van der Waals surface area contributed by atoms with Gasteiger partial charge in [0.05, 0.1) is 11.1 Å². The van der Waals surface area contributed by atoms with Crippen LogP contribution in [-0.4, -0.2) is 53.6 Å². The molecule has 21 heavy (non-hydrogen) atoms. The maximum absolute atomic E-state index is 12.7. The van der Waals surface area contributed by atoms with Crippen molar-refractivity contribution in [3.63, 3.8) is 0 Å². The van der Waals surface area contributed by atoms with Gasteiger partial charge in [0.15, 0.2) is 0 Å². The molecule has 2 heterocycles. The predicted octanol–water partition coefficient (Wildman–Crippen LogP) is 1.08. The highest BCUT2D eigenvalue weighted by Gasteiger charge is 2.37. The zero-order valence-electron chi connectivity index (χ0n) is 13.0. The number of piperazine rings is 1.